The minimum atomic E-state index is -4.56. The predicted molar refractivity (Wildman–Crippen MR) is 71.4 cm³/mol. The molecule has 0 aliphatic heterocycles. The lowest BCUT2D eigenvalue weighted by Gasteiger charge is -2.16. The Bertz CT molecular complexity index is 588. The highest BCUT2D eigenvalue weighted by Crippen LogP contribution is 2.14. The van der Waals surface area contributed by atoms with Crippen molar-refractivity contribution in [3.8, 4) is 11.8 Å². The van der Waals surface area contributed by atoms with E-state index in [1.165, 1.54) is 0 Å². The van der Waals surface area contributed by atoms with Crippen LogP contribution >= 0.6 is 0 Å². The molecule has 4 nitrogen and oxygen atoms in total. The van der Waals surface area contributed by atoms with E-state index in [0.717, 1.165) is 7.05 Å². The summed E-state index contributed by atoms with van der Waals surface area (Å²) in [5, 5.41) is 8.58. The zero-order valence-electron chi connectivity index (χ0n) is 10.9. The van der Waals surface area contributed by atoms with Crippen LogP contribution in [0.3, 0.4) is 0 Å². The average Bonchev–Trinajstić information content (AvgIpc) is 2.40. The molecule has 0 unspecified atom stereocenters. The summed E-state index contributed by atoms with van der Waals surface area (Å²) in [6.07, 6.45) is 0.372. The van der Waals surface area contributed by atoms with Crippen molar-refractivity contribution in [2.75, 3.05) is 13.7 Å². The number of halogens is 2. The number of aliphatic hydroxyl groups is 1. The van der Waals surface area contributed by atoms with Crippen LogP contribution in [0.4, 0.5) is 8.78 Å². The van der Waals surface area contributed by atoms with Gasteiger partial charge in [-0.2, -0.15) is 13.1 Å². The van der Waals surface area contributed by atoms with Gasteiger partial charge in [0, 0.05) is 25.6 Å². The van der Waals surface area contributed by atoms with Crippen molar-refractivity contribution in [2.24, 2.45) is 0 Å². The summed E-state index contributed by atoms with van der Waals surface area (Å²) in [5.41, 5.74) is 1.30. The van der Waals surface area contributed by atoms with Gasteiger partial charge in [-0.05, 0) is 17.7 Å². The number of aliphatic hydroxyl groups excluding tert-OH is 1. The maximum atomic E-state index is 12.3. The van der Waals surface area contributed by atoms with E-state index >= 15 is 0 Å². The molecular formula is C13H15F2NO3S. The monoisotopic (exact) mass is 303 g/mol. The molecule has 7 heteroatoms. The van der Waals surface area contributed by atoms with Crippen LogP contribution in [0.2, 0.25) is 0 Å². The third-order valence-electron chi connectivity index (χ3n) is 2.49. The summed E-state index contributed by atoms with van der Waals surface area (Å²) >= 11 is 0. The smallest absolute Gasteiger partial charge is 0.350 e. The zero-order chi connectivity index (χ0) is 15.2. The molecule has 0 atom stereocenters. The highest BCUT2D eigenvalue weighted by atomic mass is 32.2. The first-order valence-corrected chi connectivity index (χ1v) is 7.30. The van der Waals surface area contributed by atoms with E-state index in [1.807, 2.05) is 0 Å². The van der Waals surface area contributed by atoms with E-state index in [4.69, 9.17) is 5.11 Å². The van der Waals surface area contributed by atoms with E-state index in [0.29, 0.717) is 21.9 Å². The van der Waals surface area contributed by atoms with Gasteiger partial charge >= 0.3 is 5.76 Å². The van der Waals surface area contributed by atoms with Crippen molar-refractivity contribution in [3.05, 3.63) is 35.4 Å². The summed E-state index contributed by atoms with van der Waals surface area (Å²) in [4.78, 5) is 0. The fourth-order valence-corrected chi connectivity index (χ4v) is 2.00. The molecule has 0 heterocycles. The average molecular weight is 303 g/mol. The number of hydrogen-bond donors (Lipinski definition) is 1. The van der Waals surface area contributed by atoms with Crippen molar-refractivity contribution in [1.29, 1.82) is 0 Å². The maximum Gasteiger partial charge on any atom is 0.350 e. The van der Waals surface area contributed by atoms with Crippen LogP contribution in [0.15, 0.2) is 24.3 Å². The molecule has 20 heavy (non-hydrogen) atoms. The van der Waals surface area contributed by atoms with E-state index in [1.54, 1.807) is 24.3 Å². The zero-order valence-corrected chi connectivity index (χ0v) is 11.7. The molecule has 1 rings (SSSR count). The Morgan fingerprint density at radius 2 is 1.90 bits per heavy atom. The first-order valence-electron chi connectivity index (χ1n) is 5.80. The first kappa shape index (κ1) is 16.6. The van der Waals surface area contributed by atoms with Crippen LogP contribution in [0.5, 0.6) is 0 Å². The molecule has 0 aliphatic rings. The summed E-state index contributed by atoms with van der Waals surface area (Å²) in [6, 6.07) is 6.59. The number of alkyl halides is 2. The van der Waals surface area contributed by atoms with Crippen molar-refractivity contribution < 1.29 is 22.3 Å². The summed E-state index contributed by atoms with van der Waals surface area (Å²) in [6.45, 7) is -0.140. The molecule has 0 fully saturated rings. The fraction of sp³-hybridized carbons (Fsp3) is 0.385. The molecular weight excluding hydrogens is 288 g/mol. The van der Waals surface area contributed by atoms with E-state index in [2.05, 4.69) is 11.8 Å². The van der Waals surface area contributed by atoms with E-state index in [9.17, 15) is 17.2 Å². The molecule has 110 valence electrons. The molecule has 0 saturated heterocycles. The normalized spacial score (nSPS) is 11.5. The van der Waals surface area contributed by atoms with E-state index in [-0.39, 0.29) is 13.2 Å². The number of sulfonamides is 1. The van der Waals surface area contributed by atoms with Gasteiger partial charge in [-0.1, -0.05) is 24.0 Å². The van der Waals surface area contributed by atoms with Gasteiger partial charge in [-0.3, -0.25) is 0 Å². The lowest BCUT2D eigenvalue weighted by atomic mass is 10.1. The Morgan fingerprint density at radius 1 is 1.30 bits per heavy atom. The summed E-state index contributed by atoms with van der Waals surface area (Å²) in [5.74, 6) is 2.14. The van der Waals surface area contributed by atoms with Gasteiger partial charge in [0.25, 0.3) is 10.0 Å². The second kappa shape index (κ2) is 7.33. The molecule has 1 aromatic carbocycles. The molecule has 0 saturated carbocycles. The molecule has 0 spiro atoms. The van der Waals surface area contributed by atoms with Crippen LogP contribution in [0, 0.1) is 11.8 Å². The second-order valence-electron chi connectivity index (χ2n) is 4.03. The van der Waals surface area contributed by atoms with Crippen LogP contribution in [-0.2, 0) is 16.6 Å². The van der Waals surface area contributed by atoms with Gasteiger partial charge < -0.3 is 5.11 Å². The van der Waals surface area contributed by atoms with Gasteiger partial charge in [0.05, 0.1) is 6.61 Å². The number of rotatable bonds is 5. The Labute approximate surface area is 117 Å². The first-order chi connectivity index (χ1) is 9.37. The molecule has 0 bridgehead atoms. The Morgan fingerprint density at radius 3 is 2.40 bits per heavy atom. The minimum absolute atomic E-state index is 0.0125. The highest BCUT2D eigenvalue weighted by Gasteiger charge is 2.28. The van der Waals surface area contributed by atoms with Gasteiger partial charge in [-0.15, -0.1) is 0 Å². The molecule has 0 aromatic heterocycles. The summed E-state index contributed by atoms with van der Waals surface area (Å²) in [7, 11) is -3.45. The maximum absolute atomic E-state index is 12.3. The second-order valence-corrected chi connectivity index (χ2v) is 6.04. The highest BCUT2D eigenvalue weighted by molar-refractivity contribution is 7.89. The largest absolute Gasteiger partial charge is 0.395 e. The number of benzene rings is 1. The number of hydrogen-bond acceptors (Lipinski definition) is 3. The predicted octanol–water partition coefficient (Wildman–Crippen LogP) is 1.40. The quantitative estimate of drug-likeness (QED) is 0.837. The number of nitrogens with zero attached hydrogens (tertiary/aromatic N) is 1. The Balaban J connectivity index is 2.74. The molecule has 0 amide bonds. The topological polar surface area (TPSA) is 57.6 Å². The summed E-state index contributed by atoms with van der Waals surface area (Å²) < 4.78 is 47.7. The molecule has 1 aromatic rings. The van der Waals surface area contributed by atoms with Crippen LogP contribution in [0.1, 0.15) is 17.5 Å². The van der Waals surface area contributed by atoms with Crippen molar-refractivity contribution in [1.82, 2.24) is 4.31 Å². The molecule has 0 aliphatic carbocycles. The van der Waals surface area contributed by atoms with Crippen molar-refractivity contribution >= 4 is 10.0 Å². The molecule has 1 N–H and O–H groups in total. The van der Waals surface area contributed by atoms with Crippen molar-refractivity contribution in [2.45, 2.75) is 18.7 Å². The Hall–Kier alpha value is -1.49. The van der Waals surface area contributed by atoms with Crippen molar-refractivity contribution in [3.63, 3.8) is 0 Å². The van der Waals surface area contributed by atoms with Gasteiger partial charge in [-0.25, -0.2) is 8.42 Å². The third-order valence-corrected chi connectivity index (χ3v) is 3.94. The fourth-order valence-electron chi connectivity index (χ4n) is 1.40. The molecule has 0 radical (unpaired) electrons. The van der Waals surface area contributed by atoms with Crippen LogP contribution in [-0.4, -0.2) is 37.2 Å². The minimum Gasteiger partial charge on any atom is -0.395 e. The Kier molecular flexibility index (Phi) is 6.07. The SMILES string of the molecule is CN(Cc1ccc(C#CCCO)cc1)S(=O)(=O)C(F)F. The van der Waals surface area contributed by atoms with E-state index < -0.39 is 15.8 Å². The van der Waals surface area contributed by atoms with Gasteiger partial charge in [0.2, 0.25) is 0 Å². The standard InChI is InChI=1S/C13H15F2NO3S/c1-16(20(18,19)13(14)15)10-12-7-5-11(6-8-12)4-2-3-9-17/h5-8,13,17H,3,9-10H2,1H3. The lowest BCUT2D eigenvalue weighted by Crippen LogP contribution is -2.31. The van der Waals surface area contributed by atoms with Crippen LogP contribution in [0.25, 0.3) is 0 Å². The van der Waals surface area contributed by atoms with Gasteiger partial charge in [0.15, 0.2) is 0 Å². The lowest BCUT2D eigenvalue weighted by molar-refractivity contribution is 0.222. The third kappa shape index (κ3) is 4.56. The van der Waals surface area contributed by atoms with Gasteiger partial charge in [0.1, 0.15) is 0 Å². The van der Waals surface area contributed by atoms with Crippen LogP contribution < -0.4 is 0 Å².